The van der Waals surface area contributed by atoms with Crippen LogP contribution in [0.15, 0.2) is 91.3 Å². The molecule has 0 bridgehead atoms. The third kappa shape index (κ3) is 6.58. The van der Waals surface area contributed by atoms with E-state index < -0.39 is 41.8 Å². The fourth-order valence-corrected chi connectivity index (χ4v) is 6.50. The van der Waals surface area contributed by atoms with E-state index in [1.54, 1.807) is 19.2 Å². The van der Waals surface area contributed by atoms with Gasteiger partial charge < -0.3 is 20.5 Å². The van der Waals surface area contributed by atoms with E-state index in [4.69, 9.17) is 10.5 Å². The number of halogens is 2. The van der Waals surface area contributed by atoms with E-state index >= 15 is 0 Å². The molecule has 9 nitrogen and oxygen atoms in total. The first-order chi connectivity index (χ1) is 22.6. The predicted molar refractivity (Wildman–Crippen MR) is 173 cm³/mol. The Kier molecular flexibility index (Phi) is 9.01. The zero-order valence-corrected chi connectivity index (χ0v) is 26.0. The van der Waals surface area contributed by atoms with Gasteiger partial charge in [0.05, 0.1) is 24.8 Å². The van der Waals surface area contributed by atoms with Crippen molar-refractivity contribution in [3.05, 3.63) is 131 Å². The first kappa shape index (κ1) is 31.8. The molecule has 2 aromatic heterocycles. The minimum absolute atomic E-state index is 0.0537. The van der Waals surface area contributed by atoms with Crippen LogP contribution >= 0.6 is 0 Å². The average Bonchev–Trinajstić information content (AvgIpc) is 3.46. The quantitative estimate of drug-likeness (QED) is 0.237. The number of ether oxygens (including phenoxy) is 1. The molecule has 0 fully saturated rings. The van der Waals surface area contributed by atoms with Crippen molar-refractivity contribution in [1.82, 2.24) is 19.4 Å². The van der Waals surface area contributed by atoms with Gasteiger partial charge in [-0.3, -0.25) is 14.3 Å². The van der Waals surface area contributed by atoms with Crippen molar-refractivity contribution in [2.24, 2.45) is 5.73 Å². The van der Waals surface area contributed by atoms with E-state index in [1.165, 1.54) is 41.0 Å². The number of nitrogens with two attached hydrogens (primary N) is 1. The lowest BCUT2D eigenvalue weighted by Gasteiger charge is -2.44. The van der Waals surface area contributed by atoms with Gasteiger partial charge in [-0.15, -0.1) is 0 Å². The fourth-order valence-electron chi connectivity index (χ4n) is 6.50. The van der Waals surface area contributed by atoms with E-state index in [0.717, 1.165) is 28.5 Å². The van der Waals surface area contributed by atoms with Gasteiger partial charge in [0.1, 0.15) is 23.0 Å². The second-order valence-electron chi connectivity index (χ2n) is 11.9. The molecule has 47 heavy (non-hydrogen) atoms. The highest BCUT2D eigenvalue weighted by atomic mass is 19.1. The van der Waals surface area contributed by atoms with Crippen LogP contribution in [-0.4, -0.2) is 68.7 Å². The Balaban J connectivity index is 1.40. The number of rotatable bonds is 9. The van der Waals surface area contributed by atoms with E-state index in [2.05, 4.69) is 16.0 Å². The molecule has 3 N–H and O–H groups in total. The molecular formula is C36H35F2N5O4. The largest absolute Gasteiger partial charge is 0.497 e. The first-order valence-corrected chi connectivity index (χ1v) is 15.2. The second kappa shape index (κ2) is 13.3. The van der Waals surface area contributed by atoms with E-state index in [-0.39, 0.29) is 23.2 Å². The van der Waals surface area contributed by atoms with Crippen molar-refractivity contribution < 1.29 is 28.2 Å². The molecule has 0 saturated carbocycles. The van der Waals surface area contributed by atoms with Crippen molar-refractivity contribution in [3.63, 3.8) is 0 Å². The van der Waals surface area contributed by atoms with Gasteiger partial charge in [0.2, 0.25) is 0 Å². The summed E-state index contributed by atoms with van der Waals surface area (Å²) in [5.41, 5.74) is 9.42. The average molecular weight is 640 g/mol. The third-order valence-electron chi connectivity index (χ3n) is 8.92. The van der Waals surface area contributed by atoms with Gasteiger partial charge in [-0.25, -0.2) is 18.6 Å². The summed E-state index contributed by atoms with van der Waals surface area (Å²) < 4.78 is 35.3. The molecule has 1 aliphatic rings. The van der Waals surface area contributed by atoms with Gasteiger partial charge >= 0.3 is 6.03 Å². The molecule has 242 valence electrons. The monoisotopic (exact) mass is 639 g/mol. The number of carbonyl (C=O) groups is 2. The van der Waals surface area contributed by atoms with E-state index in [1.807, 2.05) is 42.5 Å². The summed E-state index contributed by atoms with van der Waals surface area (Å²) in [7, 11) is 3.13. The fraction of sp³-hybridized carbons (Fsp3) is 0.250. The first-order valence-electron chi connectivity index (χ1n) is 15.2. The number of likely N-dealkylation sites (N-methyl/N-ethyl adjacent to an activating group) is 1. The smallest absolute Gasteiger partial charge is 0.329 e. The van der Waals surface area contributed by atoms with Crippen LogP contribution < -0.4 is 10.5 Å². The molecule has 1 aliphatic heterocycles. The lowest BCUT2D eigenvalue weighted by Crippen LogP contribution is -2.57. The van der Waals surface area contributed by atoms with Crippen LogP contribution in [0.5, 0.6) is 5.75 Å². The number of nitrogens with zero attached hydrogens (tertiary/aromatic N) is 4. The molecular weight excluding hydrogens is 604 g/mol. The maximum Gasteiger partial charge on any atom is 0.329 e. The minimum atomic E-state index is -1.17. The highest BCUT2D eigenvalue weighted by molar-refractivity contribution is 6.07. The number of aliphatic hydroxyl groups excluding tert-OH is 1. The molecule has 6 rings (SSSR count). The number of aliphatic hydroxyl groups is 1. The molecule has 0 saturated heterocycles. The van der Waals surface area contributed by atoms with Crippen LogP contribution in [0.3, 0.4) is 0 Å². The standard InChI is InChI=1S/C36H35F2N5O4/c1-41(36(46)43-21-30(34(39)45)29-8-5-13-40-35(29)43)31(16-23-14-26(37)18-27(38)15-23)33(44)32-17-24-6-3-4-7-25(24)20-42(32)19-22-9-11-28(47-2)12-10-22/h3-15,18,21,31-33,44H,16-17,19-20H2,1-2H3,(H2,39,45)/t31-,32?,33+/m0/s1. The Labute approximate surface area is 270 Å². The Bertz CT molecular complexity index is 1910. The zero-order chi connectivity index (χ0) is 33.2. The Morgan fingerprint density at radius 1 is 1.02 bits per heavy atom. The van der Waals surface area contributed by atoms with Crippen molar-refractivity contribution in [3.8, 4) is 5.75 Å². The number of carbonyl (C=O) groups excluding carboxylic acids is 2. The molecule has 3 heterocycles. The van der Waals surface area contributed by atoms with Crippen molar-refractivity contribution >= 4 is 23.0 Å². The number of primary amides is 1. The summed E-state index contributed by atoms with van der Waals surface area (Å²) in [5.74, 6) is -1.52. The van der Waals surface area contributed by atoms with Gasteiger partial charge in [-0.2, -0.15) is 0 Å². The highest BCUT2D eigenvalue weighted by Gasteiger charge is 2.39. The summed E-state index contributed by atoms with van der Waals surface area (Å²) in [5, 5.41) is 12.7. The van der Waals surface area contributed by atoms with Crippen LogP contribution in [-0.2, 0) is 25.9 Å². The number of fused-ring (bicyclic) bond motifs is 2. The Morgan fingerprint density at radius 3 is 2.40 bits per heavy atom. The predicted octanol–water partition coefficient (Wildman–Crippen LogP) is 4.92. The zero-order valence-electron chi connectivity index (χ0n) is 26.0. The van der Waals surface area contributed by atoms with Crippen molar-refractivity contribution in [1.29, 1.82) is 0 Å². The van der Waals surface area contributed by atoms with Crippen LogP contribution in [0.2, 0.25) is 0 Å². The summed E-state index contributed by atoms with van der Waals surface area (Å²) in [6.45, 7) is 1.03. The van der Waals surface area contributed by atoms with E-state index in [9.17, 15) is 23.5 Å². The highest BCUT2D eigenvalue weighted by Crippen LogP contribution is 2.31. The second-order valence-corrected chi connectivity index (χ2v) is 11.9. The van der Waals surface area contributed by atoms with Crippen LogP contribution in [0.1, 0.15) is 32.6 Å². The van der Waals surface area contributed by atoms with E-state index in [0.29, 0.717) is 24.9 Å². The van der Waals surface area contributed by atoms with Gasteiger partial charge in [0.25, 0.3) is 5.91 Å². The number of methoxy groups -OCH3 is 1. The third-order valence-corrected chi connectivity index (χ3v) is 8.92. The lowest BCUT2D eigenvalue weighted by atomic mass is 9.86. The summed E-state index contributed by atoms with van der Waals surface area (Å²) >= 11 is 0. The van der Waals surface area contributed by atoms with Gasteiger partial charge in [-0.05, 0) is 71.5 Å². The number of pyridine rings is 1. The maximum atomic E-state index is 14.4. The lowest BCUT2D eigenvalue weighted by molar-refractivity contribution is -0.0113. The Morgan fingerprint density at radius 2 is 1.72 bits per heavy atom. The molecule has 11 heteroatoms. The number of aromatic nitrogens is 2. The van der Waals surface area contributed by atoms with Gasteiger partial charge in [0.15, 0.2) is 0 Å². The molecule has 3 aromatic carbocycles. The van der Waals surface area contributed by atoms with Crippen molar-refractivity contribution in [2.75, 3.05) is 14.2 Å². The van der Waals surface area contributed by atoms with Crippen LogP contribution in [0, 0.1) is 11.6 Å². The molecule has 1 unspecified atom stereocenters. The summed E-state index contributed by atoms with van der Waals surface area (Å²) in [4.78, 5) is 34.2. The Hall–Kier alpha value is -5.13. The SMILES string of the molecule is COc1ccc(CN2Cc3ccccc3CC2[C@H](O)[C@H](Cc2cc(F)cc(F)c2)N(C)C(=O)n2cc(C(N)=O)c3cccnc32)cc1. The normalized spacial score (nSPS) is 16.0. The summed E-state index contributed by atoms with van der Waals surface area (Å²) in [6, 6.07) is 20.1. The number of hydrogen-bond donors (Lipinski definition) is 2. The number of amides is 2. The number of benzene rings is 3. The summed E-state index contributed by atoms with van der Waals surface area (Å²) in [6.07, 6.45) is 2.07. The minimum Gasteiger partial charge on any atom is -0.497 e. The van der Waals surface area contributed by atoms with Crippen molar-refractivity contribution in [2.45, 2.75) is 44.1 Å². The van der Waals surface area contributed by atoms with Crippen LogP contribution in [0.4, 0.5) is 13.6 Å². The topological polar surface area (TPSA) is 114 Å². The molecule has 2 amide bonds. The van der Waals surface area contributed by atoms with Gasteiger partial charge in [-0.1, -0.05) is 36.4 Å². The molecule has 0 spiro atoms. The maximum absolute atomic E-state index is 14.4. The number of hydrogen-bond acceptors (Lipinski definition) is 6. The van der Waals surface area contributed by atoms with Gasteiger partial charge in [0, 0.05) is 50.0 Å². The molecule has 5 aromatic rings. The molecule has 0 radical (unpaired) electrons. The molecule has 3 atom stereocenters. The van der Waals surface area contributed by atoms with Crippen LogP contribution in [0.25, 0.3) is 11.0 Å². The molecule has 0 aliphatic carbocycles.